The number of carbonyl (C=O) groups is 2. The van der Waals surface area contributed by atoms with Crippen molar-refractivity contribution in [3.63, 3.8) is 0 Å². The number of piperidine rings is 1. The monoisotopic (exact) mass is 318 g/mol. The van der Waals surface area contributed by atoms with E-state index in [0.29, 0.717) is 25.2 Å². The second kappa shape index (κ2) is 7.13. The predicted octanol–water partition coefficient (Wildman–Crippen LogP) is 1.95. The normalized spacial score (nSPS) is 18.6. The van der Waals surface area contributed by atoms with Crippen LogP contribution in [0.3, 0.4) is 0 Å². The summed E-state index contributed by atoms with van der Waals surface area (Å²) >= 11 is 0. The van der Waals surface area contributed by atoms with Crippen molar-refractivity contribution in [1.29, 1.82) is 0 Å². The lowest BCUT2D eigenvalue weighted by molar-refractivity contribution is -0.128. The number of benzene rings is 1. The molecule has 0 saturated carbocycles. The molecule has 2 N–H and O–H groups in total. The fraction of sp³-hybridized carbons (Fsp3) is 0.556. The van der Waals surface area contributed by atoms with Gasteiger partial charge in [-0.25, -0.2) is 0 Å². The van der Waals surface area contributed by atoms with Crippen molar-refractivity contribution < 1.29 is 14.7 Å². The Morgan fingerprint density at radius 2 is 1.91 bits per heavy atom. The maximum atomic E-state index is 12.4. The van der Waals surface area contributed by atoms with E-state index in [4.69, 9.17) is 0 Å². The van der Waals surface area contributed by atoms with Crippen molar-refractivity contribution in [2.24, 2.45) is 5.41 Å². The number of nitrogens with zero attached hydrogens (tertiary/aromatic N) is 1. The van der Waals surface area contributed by atoms with Gasteiger partial charge < -0.3 is 15.3 Å². The molecule has 0 radical (unpaired) electrons. The molecule has 1 aromatic carbocycles. The summed E-state index contributed by atoms with van der Waals surface area (Å²) in [5, 5.41) is 12.6. The molecule has 126 valence electrons. The standard InChI is InChI=1S/C18H26N2O3/c1-18(2,3)17(23)19-11-13-6-8-14(9-7-13)16(22)20-10-4-5-15(21)12-20/h6-9,15,21H,4-5,10-12H2,1-3H3,(H,19,23). The number of nitrogens with one attached hydrogen (secondary N) is 1. The number of amides is 2. The molecule has 0 spiro atoms. The summed E-state index contributed by atoms with van der Waals surface area (Å²) in [6.45, 7) is 7.17. The molecule has 5 heteroatoms. The minimum Gasteiger partial charge on any atom is -0.391 e. The van der Waals surface area contributed by atoms with Gasteiger partial charge in [0.1, 0.15) is 0 Å². The van der Waals surface area contributed by atoms with Crippen LogP contribution in [0.1, 0.15) is 49.5 Å². The fourth-order valence-electron chi connectivity index (χ4n) is 2.53. The van der Waals surface area contributed by atoms with E-state index in [1.165, 1.54) is 0 Å². The highest BCUT2D eigenvalue weighted by Crippen LogP contribution is 2.15. The van der Waals surface area contributed by atoms with Gasteiger partial charge in [0.05, 0.1) is 6.10 Å². The number of β-amino-alcohol motifs (C(OH)–C–C–N with tert-alkyl or cyclic N) is 1. The third-order valence-electron chi connectivity index (χ3n) is 4.02. The number of aliphatic hydroxyl groups excluding tert-OH is 1. The van der Waals surface area contributed by atoms with Crippen LogP contribution in [-0.4, -0.2) is 41.0 Å². The number of aliphatic hydroxyl groups is 1. The number of hydrogen-bond acceptors (Lipinski definition) is 3. The predicted molar refractivity (Wildman–Crippen MR) is 88.9 cm³/mol. The van der Waals surface area contributed by atoms with Crippen molar-refractivity contribution in [1.82, 2.24) is 10.2 Å². The lowest BCUT2D eigenvalue weighted by Crippen LogP contribution is -2.42. The Labute approximate surface area is 137 Å². The van der Waals surface area contributed by atoms with Crippen molar-refractivity contribution >= 4 is 11.8 Å². The lowest BCUT2D eigenvalue weighted by atomic mass is 9.95. The van der Waals surface area contributed by atoms with Gasteiger partial charge >= 0.3 is 0 Å². The molecule has 1 aliphatic heterocycles. The molecule has 1 saturated heterocycles. The van der Waals surface area contributed by atoms with E-state index in [-0.39, 0.29) is 11.8 Å². The Hall–Kier alpha value is -1.88. The zero-order chi connectivity index (χ0) is 17.0. The highest BCUT2D eigenvalue weighted by molar-refractivity contribution is 5.94. The summed E-state index contributed by atoms with van der Waals surface area (Å²) in [5.41, 5.74) is 1.16. The largest absolute Gasteiger partial charge is 0.391 e. The van der Waals surface area contributed by atoms with Gasteiger partial charge in [-0.05, 0) is 30.5 Å². The molecular formula is C18H26N2O3. The van der Waals surface area contributed by atoms with Crippen LogP contribution in [-0.2, 0) is 11.3 Å². The van der Waals surface area contributed by atoms with Gasteiger partial charge in [0.2, 0.25) is 5.91 Å². The van der Waals surface area contributed by atoms with Crippen LogP contribution in [0.15, 0.2) is 24.3 Å². The Balaban J connectivity index is 1.94. The highest BCUT2D eigenvalue weighted by Gasteiger charge is 2.23. The topological polar surface area (TPSA) is 69.6 Å². The summed E-state index contributed by atoms with van der Waals surface area (Å²) in [6, 6.07) is 7.27. The number of hydrogen-bond donors (Lipinski definition) is 2. The summed E-state index contributed by atoms with van der Waals surface area (Å²) in [6.07, 6.45) is 1.18. The van der Waals surface area contributed by atoms with E-state index in [1.54, 1.807) is 17.0 Å². The van der Waals surface area contributed by atoms with E-state index in [2.05, 4.69) is 5.32 Å². The second-order valence-electron chi connectivity index (χ2n) is 7.18. The zero-order valence-corrected chi connectivity index (χ0v) is 14.1. The second-order valence-corrected chi connectivity index (χ2v) is 7.18. The summed E-state index contributed by atoms with van der Waals surface area (Å²) in [5.74, 6) is -0.0472. The van der Waals surface area contributed by atoms with Crippen LogP contribution in [0.5, 0.6) is 0 Å². The van der Waals surface area contributed by atoms with Gasteiger partial charge in [0, 0.05) is 30.6 Å². The fourth-order valence-corrected chi connectivity index (χ4v) is 2.53. The van der Waals surface area contributed by atoms with E-state index >= 15 is 0 Å². The van der Waals surface area contributed by atoms with Gasteiger partial charge in [0.15, 0.2) is 0 Å². The first kappa shape index (κ1) is 17.5. The van der Waals surface area contributed by atoms with Gasteiger partial charge in [-0.15, -0.1) is 0 Å². The summed E-state index contributed by atoms with van der Waals surface area (Å²) < 4.78 is 0. The molecular weight excluding hydrogens is 292 g/mol. The van der Waals surface area contributed by atoms with Crippen molar-refractivity contribution in [3.05, 3.63) is 35.4 Å². The Kier molecular flexibility index (Phi) is 5.42. The molecule has 2 amide bonds. The third-order valence-corrected chi connectivity index (χ3v) is 4.02. The minimum atomic E-state index is -0.417. The molecule has 1 unspecified atom stereocenters. The number of rotatable bonds is 3. The highest BCUT2D eigenvalue weighted by atomic mass is 16.3. The molecule has 1 aliphatic rings. The summed E-state index contributed by atoms with van der Waals surface area (Å²) in [7, 11) is 0. The van der Waals surface area contributed by atoms with E-state index in [9.17, 15) is 14.7 Å². The quantitative estimate of drug-likeness (QED) is 0.895. The zero-order valence-electron chi connectivity index (χ0n) is 14.1. The van der Waals surface area contributed by atoms with E-state index < -0.39 is 11.5 Å². The van der Waals surface area contributed by atoms with Gasteiger partial charge in [0.25, 0.3) is 5.91 Å². The molecule has 1 atom stereocenters. The van der Waals surface area contributed by atoms with Crippen LogP contribution in [0, 0.1) is 5.41 Å². The smallest absolute Gasteiger partial charge is 0.253 e. The first-order valence-corrected chi connectivity index (χ1v) is 8.12. The molecule has 0 aromatic heterocycles. The van der Waals surface area contributed by atoms with Crippen LogP contribution in [0.4, 0.5) is 0 Å². The third kappa shape index (κ3) is 4.79. The maximum Gasteiger partial charge on any atom is 0.253 e. The van der Waals surface area contributed by atoms with Gasteiger partial charge in [-0.2, -0.15) is 0 Å². The van der Waals surface area contributed by atoms with Crippen LogP contribution < -0.4 is 5.32 Å². The molecule has 5 nitrogen and oxygen atoms in total. The first-order valence-electron chi connectivity index (χ1n) is 8.12. The Morgan fingerprint density at radius 3 is 2.48 bits per heavy atom. The van der Waals surface area contributed by atoms with Gasteiger partial charge in [-0.1, -0.05) is 32.9 Å². The summed E-state index contributed by atoms with van der Waals surface area (Å²) in [4.78, 5) is 26.0. The van der Waals surface area contributed by atoms with Gasteiger partial charge in [-0.3, -0.25) is 9.59 Å². The molecule has 1 fully saturated rings. The molecule has 23 heavy (non-hydrogen) atoms. The molecule has 0 aliphatic carbocycles. The van der Waals surface area contributed by atoms with Crippen molar-refractivity contribution in [2.45, 2.75) is 46.3 Å². The Bertz CT molecular complexity index is 561. The van der Waals surface area contributed by atoms with Crippen LogP contribution in [0.2, 0.25) is 0 Å². The molecule has 1 aromatic rings. The van der Waals surface area contributed by atoms with Crippen molar-refractivity contribution in [2.75, 3.05) is 13.1 Å². The molecule has 1 heterocycles. The number of carbonyl (C=O) groups excluding carboxylic acids is 2. The number of likely N-dealkylation sites (tertiary alicyclic amines) is 1. The molecule has 2 rings (SSSR count). The maximum absolute atomic E-state index is 12.4. The minimum absolute atomic E-state index is 0.0000396. The first-order chi connectivity index (χ1) is 10.8. The SMILES string of the molecule is CC(C)(C)C(=O)NCc1ccc(C(=O)N2CCCC(O)C2)cc1. The lowest BCUT2D eigenvalue weighted by Gasteiger charge is -2.30. The van der Waals surface area contributed by atoms with Crippen molar-refractivity contribution in [3.8, 4) is 0 Å². The molecule has 0 bridgehead atoms. The Morgan fingerprint density at radius 1 is 1.26 bits per heavy atom. The average molecular weight is 318 g/mol. The average Bonchev–Trinajstić information content (AvgIpc) is 2.51. The van der Waals surface area contributed by atoms with Crippen LogP contribution >= 0.6 is 0 Å². The van der Waals surface area contributed by atoms with Crippen LogP contribution in [0.25, 0.3) is 0 Å². The van der Waals surface area contributed by atoms with E-state index in [0.717, 1.165) is 18.4 Å². The van der Waals surface area contributed by atoms with E-state index in [1.807, 2.05) is 32.9 Å².